The van der Waals surface area contributed by atoms with Crippen molar-refractivity contribution in [2.45, 2.75) is 24.5 Å². The highest BCUT2D eigenvalue weighted by atomic mass is 16.5. The summed E-state index contributed by atoms with van der Waals surface area (Å²) < 4.78 is 17.4. The minimum absolute atomic E-state index is 0.0791. The van der Waals surface area contributed by atoms with E-state index in [1.807, 2.05) is 0 Å². The second-order valence-electron chi connectivity index (χ2n) is 9.75. The number of Topliss-reactive ketones (excluding diaryl/α,β-unsaturated/α-hetero) is 2. The van der Waals surface area contributed by atoms with Crippen molar-refractivity contribution in [3.8, 4) is 34.1 Å². The lowest BCUT2D eigenvalue weighted by molar-refractivity contribution is -0.145. The molecule has 3 aliphatic carbocycles. The number of phenolic OH excluding ortho intramolecular Hbond substituents is 1. The Bertz CT molecular complexity index is 1550. The number of amides is 1. The van der Waals surface area contributed by atoms with Crippen LogP contribution in [0, 0.1) is 11.8 Å². The number of hydrogen-bond donors (Lipinski definition) is 5. The van der Waals surface area contributed by atoms with Crippen LogP contribution in [0.5, 0.6) is 23.0 Å². The minimum atomic E-state index is -2.67. The molecule has 2 aromatic carbocycles. The van der Waals surface area contributed by atoms with Gasteiger partial charge in [-0.2, -0.15) is 0 Å². The smallest absolute Gasteiger partial charge is 0.255 e. The van der Waals surface area contributed by atoms with Crippen molar-refractivity contribution >= 4 is 17.5 Å². The quantitative estimate of drug-likeness (QED) is 0.375. The molecular formula is C27H23NO10. The van der Waals surface area contributed by atoms with E-state index in [-0.39, 0.29) is 29.7 Å². The van der Waals surface area contributed by atoms with Crippen molar-refractivity contribution in [2.24, 2.45) is 17.6 Å². The number of fused-ring (bicyclic) bond motifs is 5. The molecule has 1 heterocycles. The van der Waals surface area contributed by atoms with Gasteiger partial charge in [0.1, 0.15) is 28.9 Å². The number of hydrogen-bond acceptors (Lipinski definition) is 10. The lowest BCUT2D eigenvalue weighted by Crippen LogP contribution is -2.57. The molecule has 196 valence electrons. The molecule has 0 fully saturated rings. The van der Waals surface area contributed by atoms with Gasteiger partial charge in [-0.25, -0.2) is 0 Å². The van der Waals surface area contributed by atoms with E-state index in [2.05, 4.69) is 0 Å². The summed E-state index contributed by atoms with van der Waals surface area (Å²) in [6, 6.07) is 6.40. The second kappa shape index (κ2) is 7.75. The Morgan fingerprint density at radius 1 is 1.08 bits per heavy atom. The summed E-state index contributed by atoms with van der Waals surface area (Å²) in [4.78, 5) is 38.9. The summed E-state index contributed by atoms with van der Waals surface area (Å²) in [5, 5.41) is 44.0. The van der Waals surface area contributed by atoms with Crippen molar-refractivity contribution in [3.63, 3.8) is 0 Å². The van der Waals surface area contributed by atoms with Gasteiger partial charge in [-0.05, 0) is 30.2 Å². The van der Waals surface area contributed by atoms with Crippen LogP contribution >= 0.6 is 0 Å². The molecule has 1 unspecified atom stereocenters. The molecule has 0 aromatic heterocycles. The first kappa shape index (κ1) is 23.9. The summed E-state index contributed by atoms with van der Waals surface area (Å²) in [6.07, 6.45) is -1.37. The highest BCUT2D eigenvalue weighted by molar-refractivity contribution is 6.24. The van der Waals surface area contributed by atoms with Crippen LogP contribution in [0.3, 0.4) is 0 Å². The molecule has 0 saturated heterocycles. The molecule has 1 aliphatic heterocycles. The van der Waals surface area contributed by atoms with Gasteiger partial charge in [-0.15, -0.1) is 0 Å². The number of ketones is 2. The van der Waals surface area contributed by atoms with Crippen molar-refractivity contribution in [2.75, 3.05) is 14.2 Å². The normalized spacial score (nSPS) is 27.1. The zero-order valence-electron chi connectivity index (χ0n) is 20.3. The van der Waals surface area contributed by atoms with E-state index >= 15 is 0 Å². The van der Waals surface area contributed by atoms with Crippen molar-refractivity contribution in [1.82, 2.24) is 0 Å². The maximum absolute atomic E-state index is 13.8. The van der Waals surface area contributed by atoms with Crippen LogP contribution < -0.4 is 19.9 Å². The first-order chi connectivity index (χ1) is 18.1. The average molecular weight is 521 g/mol. The maximum Gasteiger partial charge on any atom is 0.255 e. The number of carbonyl (C=O) groups excluding carboxylic acids is 3. The molecule has 4 atom stereocenters. The van der Waals surface area contributed by atoms with E-state index in [0.717, 1.165) is 0 Å². The number of carbonyl (C=O) groups is 3. The number of allylic oxidation sites excluding steroid dienone is 1. The summed E-state index contributed by atoms with van der Waals surface area (Å²) >= 11 is 0. The van der Waals surface area contributed by atoms with Crippen molar-refractivity contribution in [3.05, 3.63) is 58.1 Å². The molecule has 2 aromatic rings. The van der Waals surface area contributed by atoms with Gasteiger partial charge in [-0.1, -0.05) is 6.07 Å². The van der Waals surface area contributed by atoms with Crippen molar-refractivity contribution < 1.29 is 49.0 Å². The lowest BCUT2D eigenvalue weighted by atomic mass is 9.59. The van der Waals surface area contributed by atoms with E-state index < -0.39 is 58.1 Å². The summed E-state index contributed by atoms with van der Waals surface area (Å²) in [5.74, 6) is -6.26. The maximum atomic E-state index is 13.8. The highest BCUT2D eigenvalue weighted by Crippen LogP contribution is 2.60. The van der Waals surface area contributed by atoms with Gasteiger partial charge in [-0.3, -0.25) is 14.4 Å². The number of aromatic hydroxyl groups is 1. The third-order valence-electron chi connectivity index (χ3n) is 8.04. The fourth-order valence-electron chi connectivity index (χ4n) is 6.36. The van der Waals surface area contributed by atoms with E-state index in [1.54, 1.807) is 18.2 Å². The molecule has 11 nitrogen and oxygen atoms in total. The molecule has 6 rings (SSSR count). The van der Waals surface area contributed by atoms with Gasteiger partial charge in [0.2, 0.25) is 11.5 Å². The lowest BCUT2D eigenvalue weighted by Gasteiger charge is -2.48. The zero-order valence-corrected chi connectivity index (χ0v) is 20.3. The molecule has 38 heavy (non-hydrogen) atoms. The standard InChI is InChI=1S/C27H23NO10/c1-36-15-6-4-11-10-3-5-13(29)18-16(10)21(38-22(11)23(15)37-2)12-7-9-8-14(30)19(26(28)34)25(33)27(9,35)24(32)17(12)20(18)31/h3-6,9,12,21,29-30,32,35H,7-8H2,1-2H3,(H2,28,34)/t9-,12-,21?,27-/m0/s1. The number of aliphatic hydroxyl groups is 3. The van der Waals surface area contributed by atoms with Gasteiger partial charge in [0.25, 0.3) is 5.91 Å². The van der Waals surface area contributed by atoms with E-state index in [4.69, 9.17) is 19.9 Å². The number of nitrogens with two attached hydrogens (primary N) is 1. The Balaban J connectivity index is 1.61. The molecule has 0 radical (unpaired) electrons. The van der Waals surface area contributed by atoms with Gasteiger partial charge >= 0.3 is 0 Å². The molecule has 6 N–H and O–H groups in total. The highest BCUT2D eigenvalue weighted by Gasteiger charge is 2.62. The predicted molar refractivity (Wildman–Crippen MR) is 129 cm³/mol. The molecule has 0 saturated carbocycles. The van der Waals surface area contributed by atoms with Crippen LogP contribution in [0.4, 0.5) is 0 Å². The van der Waals surface area contributed by atoms with Crippen LogP contribution in [0.25, 0.3) is 11.1 Å². The largest absolute Gasteiger partial charge is 0.511 e. The Morgan fingerprint density at radius 3 is 2.45 bits per heavy atom. The van der Waals surface area contributed by atoms with Crippen LogP contribution in [0.15, 0.2) is 46.9 Å². The summed E-state index contributed by atoms with van der Waals surface area (Å²) in [5.41, 5.74) is 2.87. The fraction of sp³-hybridized carbons (Fsp3) is 0.296. The van der Waals surface area contributed by atoms with E-state index in [0.29, 0.717) is 33.9 Å². The third kappa shape index (κ3) is 2.73. The molecular weight excluding hydrogens is 498 g/mol. The minimum Gasteiger partial charge on any atom is -0.511 e. The van der Waals surface area contributed by atoms with E-state index in [9.17, 15) is 34.8 Å². The molecule has 0 bridgehead atoms. The molecule has 4 aliphatic rings. The SMILES string of the molecule is COc1ccc2c(c1OC)OC1c3c-2ccc(O)c3C(=O)C2=C(O)[C@]3(O)C(=O)C(C(N)=O)=C(O)C[C@@H]3C[C@@H]21. The van der Waals surface area contributed by atoms with Gasteiger partial charge in [0.15, 0.2) is 22.9 Å². The average Bonchev–Trinajstić information content (AvgIpc) is 2.88. The Morgan fingerprint density at radius 2 is 1.79 bits per heavy atom. The van der Waals surface area contributed by atoms with Crippen LogP contribution in [-0.4, -0.2) is 57.7 Å². The van der Waals surface area contributed by atoms with E-state index in [1.165, 1.54) is 20.3 Å². The first-order valence-corrected chi connectivity index (χ1v) is 11.8. The number of rotatable bonds is 3. The number of phenols is 1. The van der Waals surface area contributed by atoms with Crippen LogP contribution in [-0.2, 0) is 9.59 Å². The molecule has 1 amide bonds. The number of primary amides is 1. The van der Waals surface area contributed by atoms with Gasteiger partial charge in [0, 0.05) is 35.0 Å². The van der Waals surface area contributed by atoms with Crippen LogP contribution in [0.2, 0.25) is 0 Å². The van der Waals surface area contributed by atoms with Gasteiger partial charge in [0.05, 0.1) is 19.8 Å². The third-order valence-corrected chi connectivity index (χ3v) is 8.04. The van der Waals surface area contributed by atoms with Gasteiger partial charge < -0.3 is 40.4 Å². The molecule has 11 heteroatoms. The summed E-state index contributed by atoms with van der Waals surface area (Å²) in [6.45, 7) is 0. The van der Waals surface area contributed by atoms with Crippen LogP contribution in [0.1, 0.15) is 34.9 Å². The number of benzene rings is 2. The topological polar surface area (TPSA) is 186 Å². The Labute approximate surface area is 215 Å². The Hall–Kier alpha value is -4.51. The predicted octanol–water partition coefficient (Wildman–Crippen LogP) is 2.16. The molecule has 0 spiro atoms. The second-order valence-corrected chi connectivity index (χ2v) is 9.75. The Kier molecular flexibility index (Phi) is 4.86. The first-order valence-electron chi connectivity index (χ1n) is 11.8. The monoisotopic (exact) mass is 521 g/mol. The zero-order chi connectivity index (χ0) is 27.3. The number of ether oxygens (including phenoxy) is 3. The number of aliphatic hydroxyl groups excluding tert-OH is 2. The van der Waals surface area contributed by atoms with Crippen molar-refractivity contribution in [1.29, 1.82) is 0 Å². The number of methoxy groups -OCH3 is 2. The fourth-order valence-corrected chi connectivity index (χ4v) is 6.36. The summed E-state index contributed by atoms with van der Waals surface area (Å²) in [7, 11) is 2.92.